The minimum Gasteiger partial charge on any atom is -0.381 e. The summed E-state index contributed by atoms with van der Waals surface area (Å²) in [5, 5.41) is 3.24. The summed E-state index contributed by atoms with van der Waals surface area (Å²) in [4.78, 5) is 28.7. The SMILES string of the molecule is O=c1c(NCCN2CCOCC2)nc2ncc(-c3ccc(F)nc3)cc2n1CC1CCOCC1. The Morgan fingerprint density at radius 2 is 1.79 bits per heavy atom. The molecule has 0 aliphatic carbocycles. The molecule has 0 atom stereocenters. The zero-order valence-electron chi connectivity index (χ0n) is 19.1. The highest BCUT2D eigenvalue weighted by Gasteiger charge is 2.20. The standard InChI is InChI=1S/C24H29FN6O3/c25-21-2-1-18(14-27-21)19-13-20-22(28-15-19)29-23(26-5-6-30-7-11-34-12-8-30)24(32)31(20)16-17-3-9-33-10-4-17/h1-2,13-15,17H,3-12,16H2,(H,26,28,29). The predicted octanol–water partition coefficient (Wildman–Crippen LogP) is 2.16. The molecule has 5 heterocycles. The predicted molar refractivity (Wildman–Crippen MR) is 126 cm³/mol. The number of nitrogens with zero attached hydrogens (tertiary/aromatic N) is 5. The summed E-state index contributed by atoms with van der Waals surface area (Å²) in [7, 11) is 0. The molecule has 5 rings (SSSR count). The van der Waals surface area contributed by atoms with E-state index >= 15 is 0 Å². The van der Waals surface area contributed by atoms with Gasteiger partial charge in [0.05, 0.1) is 18.7 Å². The molecule has 3 aromatic heterocycles. The average Bonchev–Trinajstić information content (AvgIpc) is 2.88. The van der Waals surface area contributed by atoms with Gasteiger partial charge in [-0.2, -0.15) is 4.39 Å². The monoisotopic (exact) mass is 468 g/mol. The lowest BCUT2D eigenvalue weighted by Gasteiger charge is -2.26. The first kappa shape index (κ1) is 22.8. The molecule has 2 saturated heterocycles. The molecule has 2 aliphatic rings. The van der Waals surface area contributed by atoms with Crippen LogP contribution in [-0.2, 0) is 16.0 Å². The van der Waals surface area contributed by atoms with Gasteiger partial charge in [-0.1, -0.05) is 0 Å². The van der Waals surface area contributed by atoms with Crippen molar-refractivity contribution in [3.8, 4) is 11.1 Å². The second-order valence-corrected chi connectivity index (χ2v) is 8.75. The summed E-state index contributed by atoms with van der Waals surface area (Å²) >= 11 is 0. The van der Waals surface area contributed by atoms with Gasteiger partial charge in [0, 0.05) is 69.5 Å². The van der Waals surface area contributed by atoms with Gasteiger partial charge in [-0.05, 0) is 37.0 Å². The number of fused-ring (bicyclic) bond motifs is 1. The van der Waals surface area contributed by atoms with E-state index in [0.717, 1.165) is 56.8 Å². The summed E-state index contributed by atoms with van der Waals surface area (Å²) in [6.07, 6.45) is 4.97. The number of aromatic nitrogens is 4. The Morgan fingerprint density at radius 1 is 1.03 bits per heavy atom. The lowest BCUT2D eigenvalue weighted by Crippen LogP contribution is -2.39. The molecule has 3 aromatic rings. The first-order valence-electron chi connectivity index (χ1n) is 11.8. The minimum absolute atomic E-state index is 0.155. The summed E-state index contributed by atoms with van der Waals surface area (Å²) < 4.78 is 26.0. The van der Waals surface area contributed by atoms with Crippen LogP contribution in [0.2, 0.25) is 0 Å². The van der Waals surface area contributed by atoms with Crippen molar-refractivity contribution in [2.45, 2.75) is 19.4 Å². The van der Waals surface area contributed by atoms with Gasteiger partial charge in [-0.3, -0.25) is 9.69 Å². The molecule has 0 saturated carbocycles. The van der Waals surface area contributed by atoms with Crippen LogP contribution in [0.25, 0.3) is 22.3 Å². The lowest BCUT2D eigenvalue weighted by molar-refractivity contribution is 0.0398. The average molecular weight is 469 g/mol. The van der Waals surface area contributed by atoms with E-state index in [1.165, 1.54) is 12.3 Å². The number of anilines is 1. The van der Waals surface area contributed by atoms with Gasteiger partial charge in [0.15, 0.2) is 11.5 Å². The molecule has 2 fully saturated rings. The largest absolute Gasteiger partial charge is 0.381 e. The number of pyridine rings is 2. The van der Waals surface area contributed by atoms with Crippen LogP contribution in [0.3, 0.4) is 0 Å². The Kier molecular flexibility index (Phi) is 7.08. The molecular formula is C24H29FN6O3. The molecule has 180 valence electrons. The molecule has 0 bridgehead atoms. The molecule has 1 N–H and O–H groups in total. The number of ether oxygens (including phenoxy) is 2. The normalized spacial score (nSPS) is 17.8. The Balaban J connectivity index is 1.46. The molecule has 9 nitrogen and oxygen atoms in total. The molecule has 0 amide bonds. The van der Waals surface area contributed by atoms with Crippen molar-refractivity contribution in [1.82, 2.24) is 24.4 Å². The van der Waals surface area contributed by atoms with E-state index in [1.54, 1.807) is 16.8 Å². The van der Waals surface area contributed by atoms with E-state index in [1.807, 2.05) is 6.07 Å². The van der Waals surface area contributed by atoms with E-state index < -0.39 is 5.95 Å². The van der Waals surface area contributed by atoms with Crippen LogP contribution in [0.15, 0.2) is 35.4 Å². The zero-order valence-corrected chi connectivity index (χ0v) is 19.1. The summed E-state index contributed by atoms with van der Waals surface area (Å²) in [5.74, 6) is 0.120. The van der Waals surface area contributed by atoms with Gasteiger partial charge in [0.1, 0.15) is 0 Å². The van der Waals surface area contributed by atoms with E-state index in [9.17, 15) is 9.18 Å². The van der Waals surface area contributed by atoms with Crippen molar-refractivity contribution in [2.24, 2.45) is 5.92 Å². The smallest absolute Gasteiger partial charge is 0.293 e. The van der Waals surface area contributed by atoms with Gasteiger partial charge >= 0.3 is 0 Å². The van der Waals surface area contributed by atoms with Crippen LogP contribution in [-0.4, -0.2) is 77.0 Å². The molecular weight excluding hydrogens is 439 g/mol. The van der Waals surface area contributed by atoms with Crippen molar-refractivity contribution >= 4 is 17.0 Å². The van der Waals surface area contributed by atoms with Crippen molar-refractivity contribution in [3.05, 3.63) is 46.9 Å². The van der Waals surface area contributed by atoms with E-state index in [4.69, 9.17) is 9.47 Å². The number of hydrogen-bond acceptors (Lipinski definition) is 8. The minimum atomic E-state index is -0.539. The Hall–Kier alpha value is -2.95. The maximum atomic E-state index is 13.5. The van der Waals surface area contributed by atoms with Gasteiger partial charge in [-0.25, -0.2) is 15.0 Å². The van der Waals surface area contributed by atoms with Gasteiger partial charge in [-0.15, -0.1) is 0 Å². The molecule has 10 heteroatoms. The first-order chi connectivity index (χ1) is 16.7. The fourth-order valence-corrected chi connectivity index (χ4v) is 4.47. The van der Waals surface area contributed by atoms with Crippen LogP contribution in [0.4, 0.5) is 10.2 Å². The summed E-state index contributed by atoms with van der Waals surface area (Å²) in [5.41, 5.74) is 2.50. The fourth-order valence-electron chi connectivity index (χ4n) is 4.47. The van der Waals surface area contributed by atoms with Crippen LogP contribution in [0.5, 0.6) is 0 Å². The number of hydrogen-bond donors (Lipinski definition) is 1. The number of nitrogens with one attached hydrogen (secondary N) is 1. The van der Waals surface area contributed by atoms with Crippen LogP contribution < -0.4 is 10.9 Å². The van der Waals surface area contributed by atoms with Crippen molar-refractivity contribution in [1.29, 1.82) is 0 Å². The number of morpholine rings is 1. The van der Waals surface area contributed by atoms with Gasteiger partial charge in [0.2, 0.25) is 5.95 Å². The third-order valence-corrected chi connectivity index (χ3v) is 6.47. The Morgan fingerprint density at radius 3 is 2.56 bits per heavy atom. The highest BCUT2D eigenvalue weighted by Crippen LogP contribution is 2.24. The quantitative estimate of drug-likeness (QED) is 0.528. The second-order valence-electron chi connectivity index (χ2n) is 8.75. The van der Waals surface area contributed by atoms with Gasteiger partial charge < -0.3 is 19.4 Å². The number of halogens is 1. The van der Waals surface area contributed by atoms with Crippen molar-refractivity contribution in [3.63, 3.8) is 0 Å². The summed E-state index contributed by atoms with van der Waals surface area (Å²) in [6.45, 7) is 6.68. The lowest BCUT2D eigenvalue weighted by atomic mass is 10.00. The van der Waals surface area contributed by atoms with Crippen molar-refractivity contribution < 1.29 is 13.9 Å². The van der Waals surface area contributed by atoms with Crippen molar-refractivity contribution in [2.75, 3.05) is 57.9 Å². The molecule has 0 spiro atoms. The second kappa shape index (κ2) is 10.5. The molecule has 0 unspecified atom stereocenters. The van der Waals surface area contributed by atoms with E-state index in [0.29, 0.717) is 49.2 Å². The topological polar surface area (TPSA) is 94.4 Å². The molecule has 2 aliphatic heterocycles. The maximum absolute atomic E-state index is 13.5. The van der Waals surface area contributed by atoms with Crippen LogP contribution in [0, 0.1) is 11.9 Å². The number of rotatable bonds is 7. The first-order valence-corrected chi connectivity index (χ1v) is 11.8. The molecule has 0 aromatic carbocycles. The zero-order chi connectivity index (χ0) is 23.3. The van der Waals surface area contributed by atoms with E-state index in [-0.39, 0.29) is 5.56 Å². The highest BCUT2D eigenvalue weighted by atomic mass is 19.1. The fraction of sp³-hybridized carbons (Fsp3) is 0.500. The van der Waals surface area contributed by atoms with Crippen LogP contribution >= 0.6 is 0 Å². The molecule has 34 heavy (non-hydrogen) atoms. The van der Waals surface area contributed by atoms with Crippen LogP contribution in [0.1, 0.15) is 12.8 Å². The third kappa shape index (κ3) is 5.24. The Labute approximate surface area is 196 Å². The molecule has 0 radical (unpaired) electrons. The maximum Gasteiger partial charge on any atom is 0.293 e. The van der Waals surface area contributed by atoms with Gasteiger partial charge in [0.25, 0.3) is 5.56 Å². The summed E-state index contributed by atoms with van der Waals surface area (Å²) in [6, 6.07) is 4.86. The highest BCUT2D eigenvalue weighted by molar-refractivity contribution is 5.78. The Bertz CT molecular complexity index is 1170. The third-order valence-electron chi connectivity index (χ3n) is 6.47. The van der Waals surface area contributed by atoms with E-state index in [2.05, 4.69) is 25.2 Å².